The highest BCUT2D eigenvalue weighted by Gasteiger charge is 2.31. The molecular weight excluding hydrogens is 212 g/mol. The molecule has 0 spiro atoms. The van der Waals surface area contributed by atoms with Crippen LogP contribution in [0.5, 0.6) is 0 Å². The van der Waals surface area contributed by atoms with Gasteiger partial charge in [0.05, 0.1) is 0 Å². The lowest BCUT2D eigenvalue weighted by molar-refractivity contribution is -0.121. The normalized spacial score (nSPS) is 24.1. The summed E-state index contributed by atoms with van der Waals surface area (Å²) in [6.07, 6.45) is 5.41. The van der Waals surface area contributed by atoms with Gasteiger partial charge in [-0.15, -0.1) is 11.6 Å². The van der Waals surface area contributed by atoms with Crippen molar-refractivity contribution < 1.29 is 4.79 Å². The third-order valence-corrected chi connectivity index (χ3v) is 3.47. The molecule has 2 aliphatic rings. The number of alkyl halides is 1. The van der Waals surface area contributed by atoms with Crippen molar-refractivity contribution in [2.75, 3.05) is 19.0 Å². The fourth-order valence-electron chi connectivity index (χ4n) is 2.23. The van der Waals surface area contributed by atoms with E-state index in [9.17, 15) is 4.79 Å². The molecule has 1 saturated heterocycles. The highest BCUT2D eigenvalue weighted by Crippen LogP contribution is 2.29. The van der Waals surface area contributed by atoms with E-state index in [0.29, 0.717) is 18.3 Å². The van der Waals surface area contributed by atoms with Crippen LogP contribution in [0.25, 0.3) is 0 Å². The van der Waals surface area contributed by atoms with Crippen molar-refractivity contribution in [3.63, 3.8) is 0 Å². The van der Waals surface area contributed by atoms with E-state index in [-0.39, 0.29) is 5.91 Å². The van der Waals surface area contributed by atoms with E-state index in [1.54, 1.807) is 0 Å². The number of hydrogen-bond donors (Lipinski definition) is 1. The minimum absolute atomic E-state index is 0.106. The number of rotatable bonds is 4. The van der Waals surface area contributed by atoms with E-state index in [1.807, 2.05) is 0 Å². The van der Waals surface area contributed by atoms with Crippen molar-refractivity contribution in [3.05, 3.63) is 0 Å². The van der Waals surface area contributed by atoms with Crippen LogP contribution in [0.4, 0.5) is 0 Å². The van der Waals surface area contributed by atoms with Gasteiger partial charge in [-0.25, -0.2) is 0 Å². The van der Waals surface area contributed by atoms with Gasteiger partial charge in [0, 0.05) is 37.5 Å². The molecule has 0 aromatic rings. The number of carbonyl (C=O) groups excluding carboxylic acids is 1. The Bertz CT molecular complexity index is 223. The number of nitrogens with zero attached hydrogens (tertiary/aromatic N) is 1. The number of nitrogens with one attached hydrogen (secondary N) is 1. The largest absolute Gasteiger partial charge is 0.353 e. The number of hydrogen-bond acceptors (Lipinski definition) is 2. The van der Waals surface area contributed by atoms with E-state index >= 15 is 0 Å². The number of amides is 1. The van der Waals surface area contributed by atoms with Crippen molar-refractivity contribution in [3.8, 4) is 0 Å². The number of likely N-dealkylation sites (tertiary alicyclic amines) is 1. The lowest BCUT2D eigenvalue weighted by atomic mass is 10.0. The summed E-state index contributed by atoms with van der Waals surface area (Å²) in [4.78, 5) is 13.9. The average Bonchev–Trinajstić information content (AvgIpc) is 3.03. The van der Waals surface area contributed by atoms with Crippen molar-refractivity contribution >= 4 is 17.5 Å². The van der Waals surface area contributed by atoms with Gasteiger partial charge >= 0.3 is 0 Å². The predicted molar refractivity (Wildman–Crippen MR) is 61.1 cm³/mol. The average molecular weight is 231 g/mol. The minimum atomic E-state index is 0.106. The molecule has 0 radical (unpaired) electrons. The van der Waals surface area contributed by atoms with Crippen LogP contribution in [-0.4, -0.2) is 41.9 Å². The van der Waals surface area contributed by atoms with Crippen LogP contribution in [0.3, 0.4) is 0 Å². The lowest BCUT2D eigenvalue weighted by Gasteiger charge is -2.32. The standard InChI is InChI=1S/C11H19ClN2O/c12-6-3-11(15)13-9-4-7-14(8-5-9)10-1-2-10/h9-10H,1-8H2,(H,13,15). The van der Waals surface area contributed by atoms with Crippen LogP contribution < -0.4 is 5.32 Å². The summed E-state index contributed by atoms with van der Waals surface area (Å²) in [7, 11) is 0. The Morgan fingerprint density at radius 1 is 1.27 bits per heavy atom. The number of halogens is 1. The molecule has 0 unspecified atom stereocenters. The van der Waals surface area contributed by atoms with Crippen LogP contribution in [0, 0.1) is 0 Å². The van der Waals surface area contributed by atoms with Crippen LogP contribution in [0.1, 0.15) is 32.1 Å². The zero-order valence-corrected chi connectivity index (χ0v) is 9.80. The molecule has 4 heteroatoms. The fourth-order valence-corrected chi connectivity index (χ4v) is 2.41. The molecule has 3 nitrogen and oxygen atoms in total. The van der Waals surface area contributed by atoms with E-state index in [1.165, 1.54) is 12.8 Å². The maximum Gasteiger partial charge on any atom is 0.221 e. The molecular formula is C11H19ClN2O. The molecule has 1 aliphatic heterocycles. The first kappa shape index (κ1) is 11.2. The van der Waals surface area contributed by atoms with Crippen molar-refractivity contribution in [1.82, 2.24) is 10.2 Å². The maximum absolute atomic E-state index is 11.3. The summed E-state index contributed by atoms with van der Waals surface area (Å²) in [5.41, 5.74) is 0. The molecule has 0 aromatic carbocycles. The molecule has 2 rings (SSSR count). The van der Waals surface area contributed by atoms with Crippen molar-refractivity contribution in [2.45, 2.75) is 44.2 Å². The predicted octanol–water partition coefficient (Wildman–Crippen LogP) is 1.36. The highest BCUT2D eigenvalue weighted by molar-refractivity contribution is 6.18. The molecule has 86 valence electrons. The highest BCUT2D eigenvalue weighted by atomic mass is 35.5. The quantitative estimate of drug-likeness (QED) is 0.740. The van der Waals surface area contributed by atoms with E-state index in [0.717, 1.165) is 32.0 Å². The number of piperidine rings is 1. The number of carbonyl (C=O) groups is 1. The van der Waals surface area contributed by atoms with Crippen LogP contribution in [-0.2, 0) is 4.79 Å². The van der Waals surface area contributed by atoms with Gasteiger partial charge in [-0.3, -0.25) is 4.79 Å². The van der Waals surface area contributed by atoms with E-state index < -0.39 is 0 Å². The summed E-state index contributed by atoms with van der Waals surface area (Å²) in [5.74, 6) is 0.530. The van der Waals surface area contributed by atoms with E-state index in [2.05, 4.69) is 10.2 Å². The Labute approximate surface area is 96.2 Å². The minimum Gasteiger partial charge on any atom is -0.353 e. The Morgan fingerprint density at radius 2 is 1.93 bits per heavy atom. The molecule has 1 aliphatic carbocycles. The van der Waals surface area contributed by atoms with Gasteiger partial charge in [-0.2, -0.15) is 0 Å². The Morgan fingerprint density at radius 3 is 2.47 bits per heavy atom. The van der Waals surface area contributed by atoms with Crippen molar-refractivity contribution in [2.24, 2.45) is 0 Å². The summed E-state index contributed by atoms with van der Waals surface area (Å²) >= 11 is 5.52. The van der Waals surface area contributed by atoms with Crippen LogP contribution >= 0.6 is 11.6 Å². The van der Waals surface area contributed by atoms with Crippen molar-refractivity contribution in [1.29, 1.82) is 0 Å². The molecule has 0 atom stereocenters. The van der Waals surface area contributed by atoms with Gasteiger partial charge in [-0.05, 0) is 25.7 Å². The monoisotopic (exact) mass is 230 g/mol. The molecule has 1 N–H and O–H groups in total. The molecule has 15 heavy (non-hydrogen) atoms. The SMILES string of the molecule is O=C(CCCl)NC1CCN(C2CC2)CC1. The van der Waals surface area contributed by atoms with Gasteiger partial charge in [0.15, 0.2) is 0 Å². The zero-order valence-electron chi connectivity index (χ0n) is 9.04. The second-order valence-electron chi connectivity index (χ2n) is 4.55. The van der Waals surface area contributed by atoms with Crippen LogP contribution in [0.2, 0.25) is 0 Å². The molecule has 0 aromatic heterocycles. The second kappa shape index (κ2) is 5.17. The first-order valence-electron chi connectivity index (χ1n) is 5.89. The summed E-state index contributed by atoms with van der Waals surface area (Å²) in [5, 5.41) is 3.05. The maximum atomic E-state index is 11.3. The Balaban J connectivity index is 1.66. The van der Waals surface area contributed by atoms with Gasteiger partial charge in [0.1, 0.15) is 0 Å². The third-order valence-electron chi connectivity index (χ3n) is 3.28. The third kappa shape index (κ3) is 3.35. The van der Waals surface area contributed by atoms with Gasteiger partial charge < -0.3 is 10.2 Å². The smallest absolute Gasteiger partial charge is 0.221 e. The Hall–Kier alpha value is -0.280. The van der Waals surface area contributed by atoms with Crippen LogP contribution in [0.15, 0.2) is 0 Å². The topological polar surface area (TPSA) is 32.3 Å². The lowest BCUT2D eigenvalue weighted by Crippen LogP contribution is -2.45. The Kier molecular flexibility index (Phi) is 3.87. The molecule has 1 heterocycles. The molecule has 2 fully saturated rings. The molecule has 0 bridgehead atoms. The van der Waals surface area contributed by atoms with Gasteiger partial charge in [0.2, 0.25) is 5.91 Å². The molecule has 1 saturated carbocycles. The second-order valence-corrected chi connectivity index (χ2v) is 4.93. The van der Waals surface area contributed by atoms with E-state index in [4.69, 9.17) is 11.6 Å². The summed E-state index contributed by atoms with van der Waals surface area (Å²) < 4.78 is 0. The first-order chi connectivity index (χ1) is 7.29. The summed E-state index contributed by atoms with van der Waals surface area (Å²) in [6.45, 7) is 2.30. The fraction of sp³-hybridized carbons (Fsp3) is 0.909. The summed E-state index contributed by atoms with van der Waals surface area (Å²) in [6, 6.07) is 1.25. The first-order valence-corrected chi connectivity index (χ1v) is 6.42. The van der Waals surface area contributed by atoms with Gasteiger partial charge in [0.25, 0.3) is 0 Å². The van der Waals surface area contributed by atoms with Gasteiger partial charge in [-0.1, -0.05) is 0 Å². The molecule has 1 amide bonds. The zero-order chi connectivity index (χ0) is 10.7.